The molecule has 6 nitrogen and oxygen atoms in total. The van der Waals surface area contributed by atoms with Crippen LogP contribution in [-0.2, 0) is 16.1 Å². The van der Waals surface area contributed by atoms with E-state index in [-0.39, 0.29) is 0 Å². The van der Waals surface area contributed by atoms with Crippen LogP contribution in [0.25, 0.3) is 10.4 Å². The SMILES string of the molecule is N#CC1(NC(=O)COC(=O)c2cc3c(s2)-c2ccccc2OC3)CCCCC1. The van der Waals surface area contributed by atoms with Gasteiger partial charge in [0, 0.05) is 16.0 Å². The van der Waals surface area contributed by atoms with E-state index in [1.807, 2.05) is 24.3 Å². The van der Waals surface area contributed by atoms with Gasteiger partial charge in [-0.05, 0) is 31.0 Å². The highest BCUT2D eigenvalue weighted by Crippen LogP contribution is 2.42. The number of nitrogens with zero attached hydrogens (tertiary/aromatic N) is 1. The Kier molecular flexibility index (Phi) is 5.05. The summed E-state index contributed by atoms with van der Waals surface area (Å²) in [7, 11) is 0. The molecule has 144 valence electrons. The lowest BCUT2D eigenvalue weighted by Crippen LogP contribution is -2.50. The predicted octanol–water partition coefficient (Wildman–Crippen LogP) is 3.81. The first kappa shape index (κ1) is 18.5. The Bertz CT molecular complexity index is 954. The molecule has 0 unspecified atom stereocenters. The Hall–Kier alpha value is -2.85. The second kappa shape index (κ2) is 7.64. The van der Waals surface area contributed by atoms with Crippen molar-refractivity contribution < 1.29 is 19.1 Å². The van der Waals surface area contributed by atoms with Gasteiger partial charge in [-0.3, -0.25) is 4.79 Å². The van der Waals surface area contributed by atoms with Crippen LogP contribution in [0.5, 0.6) is 5.75 Å². The number of carbonyl (C=O) groups is 2. The Balaban J connectivity index is 1.39. The maximum Gasteiger partial charge on any atom is 0.348 e. The number of para-hydroxylation sites is 1. The van der Waals surface area contributed by atoms with Crippen LogP contribution in [-0.4, -0.2) is 24.0 Å². The summed E-state index contributed by atoms with van der Waals surface area (Å²) in [6, 6.07) is 11.7. The Morgan fingerprint density at radius 2 is 2.04 bits per heavy atom. The molecule has 1 saturated carbocycles. The van der Waals surface area contributed by atoms with E-state index in [0.717, 1.165) is 41.0 Å². The van der Waals surface area contributed by atoms with Crippen LogP contribution in [0.15, 0.2) is 30.3 Å². The van der Waals surface area contributed by atoms with Crippen LogP contribution in [0.2, 0.25) is 0 Å². The molecular weight excluding hydrogens is 376 g/mol. The van der Waals surface area contributed by atoms with Crippen LogP contribution in [0.3, 0.4) is 0 Å². The van der Waals surface area contributed by atoms with E-state index in [2.05, 4.69) is 11.4 Å². The number of thiophene rings is 1. The molecule has 2 aromatic rings. The number of amides is 1. The molecule has 0 atom stereocenters. The largest absolute Gasteiger partial charge is 0.488 e. The maximum absolute atomic E-state index is 12.4. The van der Waals surface area contributed by atoms with Crippen molar-refractivity contribution in [2.45, 2.75) is 44.2 Å². The van der Waals surface area contributed by atoms with Gasteiger partial charge in [-0.15, -0.1) is 11.3 Å². The molecule has 4 rings (SSSR count). The van der Waals surface area contributed by atoms with Gasteiger partial charge in [0.25, 0.3) is 5.91 Å². The average Bonchev–Trinajstić information content (AvgIpc) is 3.18. The molecule has 0 radical (unpaired) electrons. The number of carbonyl (C=O) groups excluding carboxylic acids is 2. The van der Waals surface area contributed by atoms with Crippen LogP contribution >= 0.6 is 11.3 Å². The topological polar surface area (TPSA) is 88.4 Å². The van der Waals surface area contributed by atoms with Gasteiger partial charge in [0.2, 0.25) is 0 Å². The summed E-state index contributed by atoms with van der Waals surface area (Å²) in [5.74, 6) is -0.182. The minimum atomic E-state index is -0.829. The van der Waals surface area contributed by atoms with Crippen molar-refractivity contribution in [3.8, 4) is 22.3 Å². The number of esters is 1. The van der Waals surface area contributed by atoms with Crippen LogP contribution in [0.1, 0.15) is 47.3 Å². The Labute approximate surface area is 167 Å². The lowest BCUT2D eigenvalue weighted by Gasteiger charge is -2.31. The van der Waals surface area contributed by atoms with Crippen LogP contribution in [0, 0.1) is 11.3 Å². The van der Waals surface area contributed by atoms with Gasteiger partial charge in [-0.2, -0.15) is 5.26 Å². The zero-order valence-electron chi connectivity index (χ0n) is 15.3. The van der Waals surface area contributed by atoms with E-state index in [9.17, 15) is 14.9 Å². The zero-order valence-corrected chi connectivity index (χ0v) is 16.1. The lowest BCUT2D eigenvalue weighted by atomic mass is 9.83. The summed E-state index contributed by atoms with van der Waals surface area (Å²) in [6.07, 6.45) is 4.18. The number of nitriles is 1. The van der Waals surface area contributed by atoms with Gasteiger partial charge < -0.3 is 14.8 Å². The summed E-state index contributed by atoms with van der Waals surface area (Å²) >= 11 is 1.34. The molecule has 0 bridgehead atoms. The molecule has 7 heteroatoms. The number of hydrogen-bond donors (Lipinski definition) is 1. The lowest BCUT2D eigenvalue weighted by molar-refractivity contribution is -0.125. The Morgan fingerprint density at radius 1 is 1.25 bits per heavy atom. The van der Waals surface area contributed by atoms with Gasteiger partial charge in [0.1, 0.15) is 22.8 Å². The first-order chi connectivity index (χ1) is 13.6. The first-order valence-electron chi connectivity index (χ1n) is 9.34. The fourth-order valence-electron chi connectivity index (χ4n) is 3.73. The third kappa shape index (κ3) is 3.60. The van der Waals surface area contributed by atoms with E-state index in [1.165, 1.54) is 11.3 Å². The van der Waals surface area contributed by atoms with E-state index in [0.29, 0.717) is 24.3 Å². The summed E-state index contributed by atoms with van der Waals surface area (Å²) in [5.41, 5.74) is 1.06. The van der Waals surface area contributed by atoms with Crippen molar-refractivity contribution in [2.75, 3.05) is 6.61 Å². The molecule has 2 aliphatic rings. The molecular formula is C21H20N2O4S. The summed E-state index contributed by atoms with van der Waals surface area (Å²) in [5, 5.41) is 12.2. The van der Waals surface area contributed by atoms with Crippen LogP contribution < -0.4 is 10.1 Å². The van der Waals surface area contributed by atoms with E-state index < -0.39 is 24.0 Å². The average molecular weight is 396 g/mol. The van der Waals surface area contributed by atoms with Crippen molar-refractivity contribution in [1.29, 1.82) is 5.26 Å². The Morgan fingerprint density at radius 3 is 2.82 bits per heavy atom. The highest BCUT2D eigenvalue weighted by atomic mass is 32.1. The van der Waals surface area contributed by atoms with Crippen molar-refractivity contribution in [1.82, 2.24) is 5.32 Å². The predicted molar refractivity (Wildman–Crippen MR) is 104 cm³/mol. The minimum Gasteiger partial charge on any atom is -0.488 e. The molecule has 28 heavy (non-hydrogen) atoms. The summed E-state index contributed by atoms with van der Waals surface area (Å²) < 4.78 is 10.9. The van der Waals surface area contributed by atoms with Gasteiger partial charge >= 0.3 is 5.97 Å². The van der Waals surface area contributed by atoms with Gasteiger partial charge in [-0.25, -0.2) is 4.79 Å². The maximum atomic E-state index is 12.4. The van der Waals surface area contributed by atoms with E-state index >= 15 is 0 Å². The third-order valence-corrected chi connectivity index (χ3v) is 6.35. The first-order valence-corrected chi connectivity index (χ1v) is 10.2. The van der Waals surface area contributed by atoms with Crippen molar-refractivity contribution >= 4 is 23.2 Å². The van der Waals surface area contributed by atoms with Crippen molar-refractivity contribution in [2.24, 2.45) is 0 Å². The second-order valence-corrected chi connectivity index (χ2v) is 8.18. The number of nitrogens with one attached hydrogen (secondary N) is 1. The second-order valence-electron chi connectivity index (χ2n) is 7.13. The highest BCUT2D eigenvalue weighted by molar-refractivity contribution is 7.17. The molecule has 0 saturated heterocycles. The molecule has 2 heterocycles. The summed E-state index contributed by atoms with van der Waals surface area (Å²) in [4.78, 5) is 26.1. The van der Waals surface area contributed by atoms with Gasteiger partial charge in [0.05, 0.1) is 6.07 Å². The molecule has 1 aromatic carbocycles. The smallest absolute Gasteiger partial charge is 0.348 e. The van der Waals surface area contributed by atoms with Gasteiger partial charge in [-0.1, -0.05) is 31.4 Å². The molecule has 1 amide bonds. The van der Waals surface area contributed by atoms with E-state index in [1.54, 1.807) is 6.07 Å². The fourth-order valence-corrected chi connectivity index (χ4v) is 4.82. The van der Waals surface area contributed by atoms with Crippen molar-refractivity contribution in [3.05, 3.63) is 40.8 Å². The zero-order chi connectivity index (χ0) is 19.6. The third-order valence-electron chi connectivity index (χ3n) is 5.16. The molecule has 1 aliphatic heterocycles. The monoisotopic (exact) mass is 396 g/mol. The molecule has 0 spiro atoms. The molecule has 1 fully saturated rings. The fraction of sp³-hybridized carbons (Fsp3) is 0.381. The van der Waals surface area contributed by atoms with Crippen molar-refractivity contribution in [3.63, 3.8) is 0 Å². The number of ether oxygens (including phenoxy) is 2. The number of fused-ring (bicyclic) bond motifs is 3. The molecule has 1 aromatic heterocycles. The van der Waals surface area contributed by atoms with Crippen LogP contribution in [0.4, 0.5) is 0 Å². The normalized spacial score (nSPS) is 16.7. The number of hydrogen-bond acceptors (Lipinski definition) is 6. The van der Waals surface area contributed by atoms with E-state index in [4.69, 9.17) is 9.47 Å². The standard InChI is InChI=1S/C21H20N2O4S/c22-13-21(8-4-1-5-9-21)23-18(24)12-27-20(25)17-10-14-11-26-16-7-3-2-6-15(16)19(14)28-17/h2-3,6-7,10H,1,4-5,8-9,11-12H2,(H,23,24). The number of rotatable bonds is 4. The van der Waals surface area contributed by atoms with Gasteiger partial charge in [0.15, 0.2) is 6.61 Å². The highest BCUT2D eigenvalue weighted by Gasteiger charge is 2.33. The molecule has 1 N–H and O–H groups in total. The minimum absolute atomic E-state index is 0.391. The number of benzene rings is 1. The summed E-state index contributed by atoms with van der Waals surface area (Å²) in [6.45, 7) is 0.0131. The quantitative estimate of drug-likeness (QED) is 0.794. The molecule has 1 aliphatic carbocycles.